The van der Waals surface area contributed by atoms with Gasteiger partial charge in [0.15, 0.2) is 0 Å². The van der Waals surface area contributed by atoms with Crippen molar-refractivity contribution in [1.29, 1.82) is 0 Å². The Morgan fingerprint density at radius 2 is 1.58 bits per heavy atom. The maximum absolute atomic E-state index is 11.7. The number of carbonyl (C=O) groups is 1. The van der Waals surface area contributed by atoms with E-state index in [4.69, 9.17) is 21.1 Å². The first kappa shape index (κ1) is 13.4. The van der Waals surface area contributed by atoms with Crippen molar-refractivity contribution in [2.45, 2.75) is 6.42 Å². The second-order valence-corrected chi connectivity index (χ2v) is 4.39. The van der Waals surface area contributed by atoms with Gasteiger partial charge in [-0.25, -0.2) is 0 Å². The molecule has 0 saturated carbocycles. The maximum atomic E-state index is 11.7. The summed E-state index contributed by atoms with van der Waals surface area (Å²) in [5.74, 6) is 0.935. The summed E-state index contributed by atoms with van der Waals surface area (Å²) in [6.45, 7) is 0. The lowest BCUT2D eigenvalue weighted by Crippen LogP contribution is -2.11. The third-order valence-corrected chi connectivity index (χ3v) is 2.80. The number of ether oxygens (including phenoxy) is 2. The molecule has 0 N–H and O–H groups in total. The van der Waals surface area contributed by atoms with Crippen LogP contribution in [0.5, 0.6) is 11.5 Å². The third-order valence-electron chi connectivity index (χ3n) is 2.55. The van der Waals surface area contributed by atoms with Gasteiger partial charge in [0, 0.05) is 5.02 Å². The van der Waals surface area contributed by atoms with E-state index in [1.807, 2.05) is 24.3 Å². The van der Waals surface area contributed by atoms with Gasteiger partial charge in [-0.3, -0.25) is 4.79 Å². The van der Waals surface area contributed by atoms with Crippen molar-refractivity contribution in [2.75, 3.05) is 7.11 Å². The number of hydrogen-bond acceptors (Lipinski definition) is 3. The number of benzene rings is 2. The fourth-order valence-electron chi connectivity index (χ4n) is 1.58. The molecule has 0 fully saturated rings. The van der Waals surface area contributed by atoms with Gasteiger partial charge in [0.1, 0.15) is 11.5 Å². The molecule has 19 heavy (non-hydrogen) atoms. The van der Waals surface area contributed by atoms with Crippen LogP contribution in [0.3, 0.4) is 0 Å². The van der Waals surface area contributed by atoms with E-state index < -0.39 is 0 Å². The molecule has 0 unspecified atom stereocenters. The van der Waals surface area contributed by atoms with E-state index in [9.17, 15) is 4.79 Å². The normalized spacial score (nSPS) is 10.0. The molecule has 0 radical (unpaired) electrons. The fourth-order valence-corrected chi connectivity index (χ4v) is 1.71. The summed E-state index contributed by atoms with van der Waals surface area (Å²) >= 11 is 5.75. The minimum Gasteiger partial charge on any atom is -0.497 e. The highest BCUT2D eigenvalue weighted by Gasteiger charge is 2.06. The van der Waals surface area contributed by atoms with Gasteiger partial charge in [-0.2, -0.15) is 0 Å². The predicted molar refractivity (Wildman–Crippen MR) is 73.8 cm³/mol. The minimum absolute atomic E-state index is 0.215. The Morgan fingerprint density at radius 3 is 2.16 bits per heavy atom. The van der Waals surface area contributed by atoms with Crippen molar-refractivity contribution in [3.63, 3.8) is 0 Å². The van der Waals surface area contributed by atoms with Crippen LogP contribution in [0.15, 0.2) is 48.5 Å². The zero-order valence-corrected chi connectivity index (χ0v) is 11.2. The lowest BCUT2D eigenvalue weighted by molar-refractivity contribution is -0.133. The first-order chi connectivity index (χ1) is 9.17. The molecule has 0 spiro atoms. The molecule has 3 nitrogen and oxygen atoms in total. The van der Waals surface area contributed by atoms with Gasteiger partial charge in [0.25, 0.3) is 0 Å². The highest BCUT2D eigenvalue weighted by atomic mass is 35.5. The van der Waals surface area contributed by atoms with Crippen LogP contribution >= 0.6 is 11.6 Å². The van der Waals surface area contributed by atoms with Crippen LogP contribution in [0, 0.1) is 0 Å². The number of methoxy groups -OCH3 is 1. The summed E-state index contributed by atoms with van der Waals surface area (Å²) in [5, 5.41) is 0.606. The second-order valence-electron chi connectivity index (χ2n) is 3.95. The smallest absolute Gasteiger partial charge is 0.315 e. The quantitative estimate of drug-likeness (QED) is 0.633. The van der Waals surface area contributed by atoms with Crippen molar-refractivity contribution >= 4 is 17.6 Å². The van der Waals surface area contributed by atoms with Gasteiger partial charge in [-0.1, -0.05) is 23.7 Å². The van der Waals surface area contributed by atoms with Crippen molar-refractivity contribution in [3.8, 4) is 11.5 Å². The number of halogens is 1. The highest BCUT2D eigenvalue weighted by Crippen LogP contribution is 2.17. The molecule has 2 aromatic carbocycles. The Kier molecular flexibility index (Phi) is 4.42. The Labute approximate surface area is 116 Å². The fraction of sp³-hybridized carbons (Fsp3) is 0.133. The molecule has 0 aliphatic carbocycles. The standard InChI is InChI=1S/C15H13ClO3/c1-18-13-6-2-11(3-7-13)10-15(17)19-14-8-4-12(16)5-9-14/h2-9H,10H2,1H3. The van der Waals surface area contributed by atoms with Gasteiger partial charge in [-0.15, -0.1) is 0 Å². The molecule has 0 amide bonds. The van der Waals surface area contributed by atoms with Crippen molar-refractivity contribution in [2.24, 2.45) is 0 Å². The largest absolute Gasteiger partial charge is 0.497 e. The molecule has 98 valence electrons. The topological polar surface area (TPSA) is 35.5 Å². The Morgan fingerprint density at radius 1 is 1.00 bits per heavy atom. The summed E-state index contributed by atoms with van der Waals surface area (Å²) in [4.78, 5) is 11.7. The van der Waals surface area contributed by atoms with Crippen LogP contribution in [0.1, 0.15) is 5.56 Å². The van der Waals surface area contributed by atoms with Gasteiger partial charge < -0.3 is 9.47 Å². The van der Waals surface area contributed by atoms with E-state index in [1.54, 1.807) is 31.4 Å². The van der Waals surface area contributed by atoms with Gasteiger partial charge in [0.2, 0.25) is 0 Å². The Hall–Kier alpha value is -2.00. The molecule has 0 aromatic heterocycles. The zero-order chi connectivity index (χ0) is 13.7. The number of carbonyl (C=O) groups excluding carboxylic acids is 1. The summed E-state index contributed by atoms with van der Waals surface area (Å²) in [6.07, 6.45) is 0.215. The summed E-state index contributed by atoms with van der Waals surface area (Å²) in [5.41, 5.74) is 0.875. The molecule has 2 rings (SSSR count). The molecule has 0 atom stereocenters. The Balaban J connectivity index is 1.95. The number of esters is 1. The first-order valence-corrected chi connectivity index (χ1v) is 6.14. The highest BCUT2D eigenvalue weighted by molar-refractivity contribution is 6.30. The molecule has 0 saturated heterocycles. The van der Waals surface area contributed by atoms with Gasteiger partial charge >= 0.3 is 5.97 Å². The minimum atomic E-state index is -0.313. The van der Waals surface area contributed by atoms with Crippen molar-refractivity contribution in [1.82, 2.24) is 0 Å². The molecule has 2 aromatic rings. The summed E-state index contributed by atoms with van der Waals surface area (Å²) in [7, 11) is 1.60. The Bertz CT molecular complexity index is 547. The van der Waals surface area contributed by atoms with Gasteiger partial charge in [-0.05, 0) is 42.0 Å². The van der Waals surface area contributed by atoms with E-state index in [2.05, 4.69) is 0 Å². The van der Waals surface area contributed by atoms with Crippen molar-refractivity contribution in [3.05, 3.63) is 59.1 Å². The van der Waals surface area contributed by atoms with E-state index in [0.29, 0.717) is 10.8 Å². The maximum Gasteiger partial charge on any atom is 0.315 e. The average Bonchev–Trinajstić information content (AvgIpc) is 2.42. The van der Waals surface area contributed by atoms with Crippen LogP contribution < -0.4 is 9.47 Å². The van der Waals surface area contributed by atoms with E-state index in [-0.39, 0.29) is 12.4 Å². The third kappa shape index (κ3) is 4.00. The lowest BCUT2D eigenvalue weighted by Gasteiger charge is -2.05. The zero-order valence-electron chi connectivity index (χ0n) is 10.4. The molecule has 0 bridgehead atoms. The lowest BCUT2D eigenvalue weighted by atomic mass is 10.1. The first-order valence-electron chi connectivity index (χ1n) is 5.76. The monoisotopic (exact) mass is 276 g/mol. The summed E-state index contributed by atoms with van der Waals surface area (Å²) < 4.78 is 10.3. The number of rotatable bonds is 4. The molecule has 0 aliphatic rings. The van der Waals surface area contributed by atoms with Crippen LogP contribution in [0.25, 0.3) is 0 Å². The van der Waals surface area contributed by atoms with Gasteiger partial charge in [0.05, 0.1) is 13.5 Å². The molecule has 0 heterocycles. The number of hydrogen-bond donors (Lipinski definition) is 0. The average molecular weight is 277 g/mol. The second kappa shape index (κ2) is 6.25. The van der Waals surface area contributed by atoms with Crippen molar-refractivity contribution < 1.29 is 14.3 Å². The van der Waals surface area contributed by atoms with Crippen LogP contribution in [-0.4, -0.2) is 13.1 Å². The summed E-state index contributed by atoms with van der Waals surface area (Å²) in [6, 6.07) is 14.0. The molecular weight excluding hydrogens is 264 g/mol. The van der Waals surface area contributed by atoms with E-state index in [0.717, 1.165) is 11.3 Å². The van der Waals surface area contributed by atoms with Crippen LogP contribution in [-0.2, 0) is 11.2 Å². The van der Waals surface area contributed by atoms with E-state index in [1.165, 1.54) is 0 Å². The predicted octanol–water partition coefficient (Wildman–Crippen LogP) is 3.50. The SMILES string of the molecule is COc1ccc(CC(=O)Oc2ccc(Cl)cc2)cc1. The molecular formula is C15H13ClO3. The molecule has 4 heteroatoms. The molecule has 0 aliphatic heterocycles. The van der Waals surface area contributed by atoms with E-state index >= 15 is 0 Å². The van der Waals surface area contributed by atoms with Crippen LogP contribution in [0.4, 0.5) is 0 Å². The van der Waals surface area contributed by atoms with Crippen LogP contribution in [0.2, 0.25) is 5.02 Å².